The second kappa shape index (κ2) is 7.60. The lowest BCUT2D eigenvalue weighted by Crippen LogP contribution is -2.33. The van der Waals surface area contributed by atoms with E-state index in [0.29, 0.717) is 5.56 Å². The molecule has 2 N–H and O–H groups in total. The molecule has 0 saturated heterocycles. The van der Waals surface area contributed by atoms with Crippen LogP contribution in [0.1, 0.15) is 5.56 Å². The molecule has 1 aromatic carbocycles. The van der Waals surface area contributed by atoms with Crippen LogP contribution < -0.4 is 10.3 Å². The van der Waals surface area contributed by atoms with Gasteiger partial charge in [-0.25, -0.2) is 22.5 Å². The van der Waals surface area contributed by atoms with Crippen molar-refractivity contribution in [3.8, 4) is 0 Å². The van der Waals surface area contributed by atoms with Gasteiger partial charge < -0.3 is 9.77 Å². The van der Waals surface area contributed by atoms with Crippen LogP contribution in [-0.2, 0) is 16.6 Å². The number of halogens is 4. The van der Waals surface area contributed by atoms with Crippen LogP contribution in [0.25, 0.3) is 21.8 Å². The highest BCUT2D eigenvalue weighted by Crippen LogP contribution is 2.31. The third-order valence-corrected chi connectivity index (χ3v) is 6.15. The zero-order chi connectivity index (χ0) is 23.3. The smallest absolute Gasteiger partial charge is 0.402 e. The van der Waals surface area contributed by atoms with E-state index in [9.17, 15) is 36.0 Å². The van der Waals surface area contributed by atoms with Crippen LogP contribution in [-0.4, -0.2) is 40.6 Å². The topological polar surface area (TPSA) is 106 Å². The summed E-state index contributed by atoms with van der Waals surface area (Å²) in [5, 5.41) is 9.58. The molecule has 0 aliphatic rings. The number of fused-ring (bicyclic) bond motifs is 3. The number of nitrogens with zero attached hydrogens (tertiary/aromatic N) is 3. The van der Waals surface area contributed by atoms with Gasteiger partial charge in [-0.3, -0.25) is 4.79 Å². The van der Waals surface area contributed by atoms with Gasteiger partial charge in [-0.2, -0.15) is 17.9 Å². The molecule has 0 fully saturated rings. The summed E-state index contributed by atoms with van der Waals surface area (Å²) in [7, 11) is -4.66. The second-order valence-corrected chi connectivity index (χ2v) is 8.67. The van der Waals surface area contributed by atoms with Gasteiger partial charge in [0.15, 0.2) is 0 Å². The number of hydrogen-bond donors (Lipinski definition) is 2. The van der Waals surface area contributed by atoms with Crippen LogP contribution in [0.5, 0.6) is 0 Å². The lowest BCUT2D eigenvalue weighted by atomic mass is 10.2. The maximum atomic E-state index is 13.2. The number of sulfonamides is 1. The van der Waals surface area contributed by atoms with E-state index < -0.39 is 39.0 Å². The second-order valence-electron chi connectivity index (χ2n) is 6.93. The first-order chi connectivity index (χ1) is 15.0. The standard InChI is InChI=1S/C19H14F4N4O4S/c20-12-3-1-11(2-4-12)8-26-9-15(32(30,31)25-10-19(21,22)23)16-13-5-6-27(29)18(28)17(13)24-7-14(16)26/h1-7,9,25,29H,8,10H2. The van der Waals surface area contributed by atoms with Gasteiger partial charge in [0.1, 0.15) is 22.8 Å². The molecule has 0 spiro atoms. The van der Waals surface area contributed by atoms with Crippen LogP contribution in [0.15, 0.2) is 58.6 Å². The minimum atomic E-state index is -4.78. The first-order valence-corrected chi connectivity index (χ1v) is 10.5. The predicted molar refractivity (Wildman–Crippen MR) is 105 cm³/mol. The highest BCUT2D eigenvalue weighted by molar-refractivity contribution is 7.89. The molecule has 0 saturated carbocycles. The Morgan fingerprint density at radius 2 is 1.81 bits per heavy atom. The Morgan fingerprint density at radius 1 is 1.12 bits per heavy atom. The molecular formula is C19H14F4N4O4S. The molecular weight excluding hydrogens is 456 g/mol. The van der Waals surface area contributed by atoms with Crippen molar-refractivity contribution in [3.63, 3.8) is 0 Å². The van der Waals surface area contributed by atoms with Crippen molar-refractivity contribution in [2.75, 3.05) is 6.54 Å². The van der Waals surface area contributed by atoms with Gasteiger partial charge in [0.2, 0.25) is 10.0 Å². The first-order valence-electron chi connectivity index (χ1n) is 8.99. The van der Waals surface area contributed by atoms with E-state index in [1.165, 1.54) is 45.8 Å². The van der Waals surface area contributed by atoms with Crippen molar-refractivity contribution in [2.24, 2.45) is 0 Å². The summed E-state index contributed by atoms with van der Waals surface area (Å²) in [6.07, 6.45) is -1.50. The van der Waals surface area contributed by atoms with Crippen LogP contribution in [0.2, 0.25) is 0 Å². The Morgan fingerprint density at radius 3 is 2.47 bits per heavy atom. The third kappa shape index (κ3) is 4.03. The number of benzene rings is 1. The fourth-order valence-corrected chi connectivity index (χ4v) is 4.56. The quantitative estimate of drug-likeness (QED) is 0.345. The Hall–Kier alpha value is -3.45. The fraction of sp³-hybridized carbons (Fsp3) is 0.158. The number of hydrogen-bond acceptors (Lipinski definition) is 5. The summed E-state index contributed by atoms with van der Waals surface area (Å²) in [4.78, 5) is 15.7. The fourth-order valence-electron chi connectivity index (χ4n) is 3.30. The molecule has 0 amide bonds. The van der Waals surface area contributed by atoms with Gasteiger partial charge in [0, 0.05) is 29.7 Å². The van der Waals surface area contributed by atoms with Crippen molar-refractivity contribution < 1.29 is 31.2 Å². The van der Waals surface area contributed by atoms with Crippen LogP contribution in [0.4, 0.5) is 17.6 Å². The van der Waals surface area contributed by atoms with E-state index in [-0.39, 0.29) is 33.1 Å². The van der Waals surface area contributed by atoms with Crippen molar-refractivity contribution in [1.82, 2.24) is 19.0 Å². The number of pyridine rings is 2. The van der Waals surface area contributed by atoms with Gasteiger partial charge in [-0.05, 0) is 23.8 Å². The molecule has 3 heterocycles. The highest BCUT2D eigenvalue weighted by atomic mass is 32.2. The summed E-state index contributed by atoms with van der Waals surface area (Å²) < 4.78 is 79.9. The molecule has 4 aromatic rings. The van der Waals surface area contributed by atoms with E-state index in [0.717, 1.165) is 12.4 Å². The number of aromatic nitrogens is 3. The molecule has 0 atom stereocenters. The van der Waals surface area contributed by atoms with E-state index in [2.05, 4.69) is 4.98 Å². The average molecular weight is 470 g/mol. The molecule has 0 unspecified atom stereocenters. The molecule has 13 heteroatoms. The predicted octanol–water partition coefficient (Wildman–Crippen LogP) is 2.62. The lowest BCUT2D eigenvalue weighted by Gasteiger charge is -2.09. The summed E-state index contributed by atoms with van der Waals surface area (Å²) in [5.41, 5.74) is -0.401. The lowest BCUT2D eigenvalue weighted by molar-refractivity contribution is -0.121. The van der Waals surface area contributed by atoms with Crippen molar-refractivity contribution in [2.45, 2.75) is 17.6 Å². The minimum absolute atomic E-state index is 0.0306. The molecule has 168 valence electrons. The summed E-state index contributed by atoms with van der Waals surface area (Å²) in [5.74, 6) is -0.473. The Balaban J connectivity index is 1.96. The normalized spacial score (nSPS) is 12.6. The van der Waals surface area contributed by atoms with Gasteiger partial charge in [0.05, 0.1) is 11.7 Å². The molecule has 3 aromatic heterocycles. The molecule has 0 aliphatic heterocycles. The van der Waals surface area contributed by atoms with E-state index >= 15 is 0 Å². The highest BCUT2D eigenvalue weighted by Gasteiger charge is 2.32. The van der Waals surface area contributed by atoms with Crippen molar-refractivity contribution in [3.05, 3.63) is 70.7 Å². The maximum absolute atomic E-state index is 13.2. The summed E-state index contributed by atoms with van der Waals surface area (Å²) in [6.45, 7) is -1.73. The van der Waals surface area contributed by atoms with Crippen LogP contribution >= 0.6 is 0 Å². The summed E-state index contributed by atoms with van der Waals surface area (Å²) >= 11 is 0. The summed E-state index contributed by atoms with van der Waals surface area (Å²) in [6, 6.07) is 6.59. The van der Waals surface area contributed by atoms with Crippen molar-refractivity contribution >= 4 is 31.8 Å². The zero-order valence-corrected chi connectivity index (χ0v) is 16.8. The SMILES string of the molecule is O=c1c2ncc3c(c(S(=O)(=O)NCC(F)(F)F)cn3Cc3ccc(F)cc3)c2ccn1O. The third-order valence-electron chi connectivity index (χ3n) is 4.74. The Bertz CT molecular complexity index is 1490. The van der Waals surface area contributed by atoms with Crippen molar-refractivity contribution in [1.29, 1.82) is 0 Å². The van der Waals surface area contributed by atoms with Crippen LogP contribution in [0, 0.1) is 5.82 Å². The van der Waals surface area contributed by atoms with Crippen LogP contribution in [0.3, 0.4) is 0 Å². The number of rotatable bonds is 5. The minimum Gasteiger partial charge on any atom is -0.425 e. The monoisotopic (exact) mass is 470 g/mol. The van der Waals surface area contributed by atoms with E-state index in [1.54, 1.807) is 0 Å². The molecule has 8 nitrogen and oxygen atoms in total. The van der Waals surface area contributed by atoms with Gasteiger partial charge in [-0.1, -0.05) is 12.1 Å². The Kier molecular flexibility index (Phi) is 5.17. The number of alkyl halides is 3. The largest absolute Gasteiger partial charge is 0.425 e. The van der Waals surface area contributed by atoms with Gasteiger partial charge in [-0.15, -0.1) is 0 Å². The molecule has 4 rings (SSSR count). The average Bonchev–Trinajstić information content (AvgIpc) is 3.10. The van der Waals surface area contributed by atoms with E-state index in [1.807, 2.05) is 0 Å². The molecule has 32 heavy (non-hydrogen) atoms. The Labute approximate surface area is 177 Å². The molecule has 0 radical (unpaired) electrons. The van der Waals surface area contributed by atoms with E-state index in [4.69, 9.17) is 0 Å². The van der Waals surface area contributed by atoms with Gasteiger partial charge in [0.25, 0.3) is 0 Å². The maximum Gasteiger partial charge on any atom is 0.402 e. The zero-order valence-electron chi connectivity index (χ0n) is 16.0. The first kappa shape index (κ1) is 21.8. The molecule has 0 bridgehead atoms. The number of nitrogens with one attached hydrogen (secondary N) is 1. The molecule has 0 aliphatic carbocycles. The van der Waals surface area contributed by atoms with Gasteiger partial charge >= 0.3 is 11.7 Å².